The molecule has 106 valence electrons. The first-order chi connectivity index (χ1) is 9.65. The van der Waals surface area contributed by atoms with Gasteiger partial charge in [0.2, 0.25) is 6.39 Å². The van der Waals surface area contributed by atoms with Crippen molar-refractivity contribution in [1.29, 1.82) is 0 Å². The number of hydrogen-bond acceptors (Lipinski definition) is 6. The van der Waals surface area contributed by atoms with Crippen LogP contribution in [0.5, 0.6) is 0 Å². The number of imidazole rings is 1. The summed E-state index contributed by atoms with van der Waals surface area (Å²) in [6, 6.07) is -1.71. The highest BCUT2D eigenvalue weighted by Gasteiger charge is 2.21. The Morgan fingerprint density at radius 3 is 2.95 bits per heavy atom. The SMILES string of the molecule is O=C(NCc1ncon1)N[C@H](Cc1cnc[nH]1)C(=O)O. The Morgan fingerprint density at radius 1 is 1.50 bits per heavy atom. The molecule has 0 aliphatic heterocycles. The highest BCUT2D eigenvalue weighted by molar-refractivity contribution is 5.82. The monoisotopic (exact) mass is 280 g/mol. The summed E-state index contributed by atoms with van der Waals surface area (Å²) in [7, 11) is 0. The van der Waals surface area contributed by atoms with Crippen LogP contribution in [0.3, 0.4) is 0 Å². The van der Waals surface area contributed by atoms with Gasteiger partial charge in [0.15, 0.2) is 5.82 Å². The Balaban J connectivity index is 1.84. The number of aromatic nitrogens is 4. The molecule has 0 aromatic carbocycles. The van der Waals surface area contributed by atoms with Gasteiger partial charge in [0.05, 0.1) is 12.9 Å². The van der Waals surface area contributed by atoms with Crippen LogP contribution in [0, 0.1) is 0 Å². The number of carbonyl (C=O) groups is 2. The van der Waals surface area contributed by atoms with E-state index in [0.29, 0.717) is 11.5 Å². The van der Waals surface area contributed by atoms with Gasteiger partial charge >= 0.3 is 12.0 Å². The third-order valence-corrected chi connectivity index (χ3v) is 2.40. The van der Waals surface area contributed by atoms with Gasteiger partial charge in [0.1, 0.15) is 6.04 Å². The minimum absolute atomic E-state index is 0.0404. The van der Waals surface area contributed by atoms with Gasteiger partial charge in [-0.05, 0) is 0 Å². The van der Waals surface area contributed by atoms with Crippen LogP contribution in [-0.2, 0) is 17.8 Å². The number of aliphatic carboxylic acids is 1. The van der Waals surface area contributed by atoms with Gasteiger partial charge in [-0.1, -0.05) is 5.16 Å². The van der Waals surface area contributed by atoms with Crippen molar-refractivity contribution in [3.63, 3.8) is 0 Å². The second-order valence-electron chi connectivity index (χ2n) is 3.85. The number of carbonyl (C=O) groups excluding carboxylic acids is 1. The molecule has 2 aromatic heterocycles. The maximum Gasteiger partial charge on any atom is 0.326 e. The number of rotatable bonds is 6. The van der Waals surface area contributed by atoms with E-state index in [4.69, 9.17) is 5.11 Å². The van der Waals surface area contributed by atoms with Gasteiger partial charge < -0.3 is 25.2 Å². The largest absolute Gasteiger partial charge is 0.480 e. The Bertz CT molecular complexity index is 552. The van der Waals surface area contributed by atoms with Gasteiger partial charge in [-0.3, -0.25) is 0 Å². The van der Waals surface area contributed by atoms with Crippen molar-refractivity contribution in [2.75, 3.05) is 0 Å². The smallest absolute Gasteiger partial charge is 0.326 e. The average Bonchev–Trinajstić information content (AvgIpc) is 3.08. The summed E-state index contributed by atoms with van der Waals surface area (Å²) in [5.41, 5.74) is 0.607. The molecule has 2 rings (SSSR count). The molecular formula is C10H12N6O4. The van der Waals surface area contributed by atoms with E-state index in [9.17, 15) is 9.59 Å². The van der Waals surface area contributed by atoms with E-state index >= 15 is 0 Å². The first-order valence-electron chi connectivity index (χ1n) is 5.65. The molecular weight excluding hydrogens is 268 g/mol. The van der Waals surface area contributed by atoms with Crippen LogP contribution in [0.2, 0.25) is 0 Å². The zero-order chi connectivity index (χ0) is 14.4. The average molecular weight is 280 g/mol. The predicted molar refractivity (Wildman–Crippen MR) is 63.4 cm³/mol. The zero-order valence-electron chi connectivity index (χ0n) is 10.2. The molecule has 10 nitrogen and oxygen atoms in total. The molecule has 0 saturated heterocycles. The molecule has 1 atom stereocenters. The molecule has 0 bridgehead atoms. The molecule has 2 amide bonds. The normalized spacial score (nSPS) is 11.8. The number of amides is 2. The van der Waals surface area contributed by atoms with Crippen molar-refractivity contribution in [3.8, 4) is 0 Å². The summed E-state index contributed by atoms with van der Waals surface area (Å²) in [6.45, 7) is 0.0404. The van der Waals surface area contributed by atoms with Crippen LogP contribution < -0.4 is 10.6 Å². The van der Waals surface area contributed by atoms with Gasteiger partial charge in [0, 0.05) is 18.3 Å². The number of carboxylic acids is 1. The molecule has 0 radical (unpaired) electrons. The topological polar surface area (TPSA) is 146 Å². The van der Waals surface area contributed by atoms with Gasteiger partial charge in [-0.25, -0.2) is 14.6 Å². The number of carboxylic acid groups (broad SMARTS) is 1. The molecule has 2 heterocycles. The quantitative estimate of drug-likeness (QED) is 0.546. The fraction of sp³-hybridized carbons (Fsp3) is 0.300. The minimum atomic E-state index is -1.14. The summed E-state index contributed by atoms with van der Waals surface area (Å²) >= 11 is 0. The summed E-state index contributed by atoms with van der Waals surface area (Å²) < 4.78 is 4.50. The number of nitrogens with zero attached hydrogens (tertiary/aromatic N) is 3. The molecule has 0 aliphatic rings. The second-order valence-corrected chi connectivity index (χ2v) is 3.85. The molecule has 20 heavy (non-hydrogen) atoms. The standard InChI is InChI=1S/C10H12N6O4/c17-9(18)7(1-6-2-11-4-13-6)15-10(19)12-3-8-14-5-20-16-8/h2,4-5,7H,1,3H2,(H,11,13)(H,17,18)(H2,12,15,19)/t7-/m1/s1. The van der Waals surface area contributed by atoms with Crippen LogP contribution in [-0.4, -0.2) is 43.3 Å². The fourth-order valence-electron chi connectivity index (χ4n) is 1.46. The highest BCUT2D eigenvalue weighted by Crippen LogP contribution is 1.99. The van der Waals surface area contributed by atoms with Crippen LogP contribution in [0.4, 0.5) is 4.79 Å². The molecule has 4 N–H and O–H groups in total. The Hall–Kier alpha value is -2.91. The summed E-state index contributed by atoms with van der Waals surface area (Å²) in [5.74, 6) is -0.852. The highest BCUT2D eigenvalue weighted by atomic mass is 16.5. The Kier molecular flexibility index (Phi) is 4.27. The number of hydrogen-bond donors (Lipinski definition) is 4. The molecule has 0 spiro atoms. The van der Waals surface area contributed by atoms with Crippen molar-refractivity contribution in [2.24, 2.45) is 0 Å². The maximum atomic E-state index is 11.6. The van der Waals surface area contributed by atoms with Crippen LogP contribution in [0.15, 0.2) is 23.4 Å². The van der Waals surface area contributed by atoms with E-state index in [1.54, 1.807) is 0 Å². The third-order valence-electron chi connectivity index (χ3n) is 2.40. The molecule has 0 aliphatic carbocycles. The molecule has 2 aromatic rings. The van der Waals surface area contributed by atoms with E-state index in [-0.39, 0.29) is 13.0 Å². The second kappa shape index (κ2) is 6.31. The van der Waals surface area contributed by atoms with Gasteiger partial charge in [-0.2, -0.15) is 4.98 Å². The first-order valence-corrected chi connectivity index (χ1v) is 5.65. The maximum absolute atomic E-state index is 11.6. The number of nitrogens with one attached hydrogen (secondary N) is 3. The summed E-state index contributed by atoms with van der Waals surface area (Å²) in [6.07, 6.45) is 4.16. The van der Waals surface area contributed by atoms with E-state index in [0.717, 1.165) is 6.39 Å². The first kappa shape index (κ1) is 13.5. The van der Waals surface area contributed by atoms with Gasteiger partial charge in [-0.15, -0.1) is 0 Å². The van der Waals surface area contributed by atoms with Crippen molar-refractivity contribution >= 4 is 12.0 Å². The van der Waals surface area contributed by atoms with Crippen LogP contribution in [0.25, 0.3) is 0 Å². The lowest BCUT2D eigenvalue weighted by Crippen LogP contribution is -2.47. The van der Waals surface area contributed by atoms with Crippen molar-refractivity contribution in [2.45, 2.75) is 19.0 Å². The summed E-state index contributed by atoms with van der Waals surface area (Å²) in [4.78, 5) is 32.9. The minimum Gasteiger partial charge on any atom is -0.480 e. The number of urea groups is 1. The molecule has 0 saturated carbocycles. The summed E-state index contributed by atoms with van der Waals surface area (Å²) in [5, 5.41) is 17.3. The van der Waals surface area contributed by atoms with Crippen molar-refractivity contribution in [1.82, 2.24) is 30.7 Å². The number of H-pyrrole nitrogens is 1. The van der Waals surface area contributed by atoms with Crippen molar-refractivity contribution < 1.29 is 19.2 Å². The van der Waals surface area contributed by atoms with E-state index in [1.807, 2.05) is 0 Å². The van der Waals surface area contributed by atoms with E-state index < -0.39 is 18.0 Å². The Morgan fingerprint density at radius 2 is 2.35 bits per heavy atom. The van der Waals surface area contributed by atoms with Crippen LogP contribution >= 0.6 is 0 Å². The van der Waals surface area contributed by atoms with Crippen LogP contribution in [0.1, 0.15) is 11.5 Å². The predicted octanol–water partition coefficient (Wildman–Crippen LogP) is -0.712. The lowest BCUT2D eigenvalue weighted by molar-refractivity contribution is -0.139. The molecule has 10 heteroatoms. The zero-order valence-corrected chi connectivity index (χ0v) is 10.2. The molecule has 0 unspecified atom stereocenters. The van der Waals surface area contributed by atoms with Gasteiger partial charge in [0.25, 0.3) is 0 Å². The lowest BCUT2D eigenvalue weighted by atomic mass is 10.2. The lowest BCUT2D eigenvalue weighted by Gasteiger charge is -2.13. The Labute approximate surface area is 112 Å². The van der Waals surface area contributed by atoms with Crippen molar-refractivity contribution in [3.05, 3.63) is 30.4 Å². The number of aromatic amines is 1. The fourth-order valence-corrected chi connectivity index (χ4v) is 1.46. The molecule has 0 fully saturated rings. The van der Waals surface area contributed by atoms with E-state index in [1.165, 1.54) is 12.5 Å². The third kappa shape index (κ3) is 3.80. The van der Waals surface area contributed by atoms with E-state index in [2.05, 4.69) is 35.3 Å².